The SMILES string of the molecule is C=C(O)C[PH+]=O. The molecule has 0 aromatic heterocycles. The van der Waals surface area contributed by atoms with Gasteiger partial charge in [0.15, 0.2) is 6.16 Å². The number of rotatable bonds is 2. The van der Waals surface area contributed by atoms with Gasteiger partial charge < -0.3 is 5.11 Å². The van der Waals surface area contributed by atoms with E-state index in [1.54, 1.807) is 0 Å². The minimum Gasteiger partial charge on any atom is -0.508 e. The molecular weight excluding hydrogens is 99.0 g/mol. The highest BCUT2D eigenvalue weighted by molar-refractivity contribution is 7.24. The van der Waals surface area contributed by atoms with Crippen LogP contribution in [0.1, 0.15) is 0 Å². The van der Waals surface area contributed by atoms with E-state index in [0.717, 1.165) is 0 Å². The van der Waals surface area contributed by atoms with Gasteiger partial charge in [-0.15, -0.1) is 0 Å². The fourth-order valence-electron chi connectivity index (χ4n) is 0.0833. The molecule has 0 saturated carbocycles. The first-order valence-corrected chi connectivity index (χ1v) is 2.60. The molecule has 0 aliphatic heterocycles. The van der Waals surface area contributed by atoms with Gasteiger partial charge in [-0.1, -0.05) is 11.1 Å². The van der Waals surface area contributed by atoms with Crippen molar-refractivity contribution in [3.63, 3.8) is 0 Å². The van der Waals surface area contributed by atoms with Crippen molar-refractivity contribution in [3.05, 3.63) is 12.3 Å². The molecule has 0 spiro atoms. The molecule has 0 saturated heterocycles. The summed E-state index contributed by atoms with van der Waals surface area (Å²) in [6.45, 7) is 3.11. The number of hydrogen-bond acceptors (Lipinski definition) is 2. The largest absolute Gasteiger partial charge is 0.508 e. The monoisotopic (exact) mass is 105 g/mol. The van der Waals surface area contributed by atoms with E-state index in [0.29, 0.717) is 0 Å². The highest BCUT2D eigenvalue weighted by Crippen LogP contribution is 1.94. The van der Waals surface area contributed by atoms with Crippen LogP contribution in [0, 0.1) is 0 Å². The predicted octanol–water partition coefficient (Wildman–Crippen LogP) is 1.08. The summed E-state index contributed by atoms with van der Waals surface area (Å²) >= 11 is 0. The number of allylic oxidation sites excluding steroid dienone is 1. The first-order chi connectivity index (χ1) is 2.77. The number of aliphatic hydroxyl groups is 1. The third-order valence-electron chi connectivity index (χ3n) is 0.276. The fourth-order valence-corrected chi connectivity index (χ4v) is 0.250. The van der Waals surface area contributed by atoms with Crippen LogP contribution in [-0.4, -0.2) is 11.3 Å². The van der Waals surface area contributed by atoms with Crippen LogP contribution >= 0.6 is 8.46 Å². The summed E-state index contributed by atoms with van der Waals surface area (Å²) in [4.78, 5) is 0. The van der Waals surface area contributed by atoms with E-state index in [1.807, 2.05) is 0 Å². The highest BCUT2D eigenvalue weighted by Gasteiger charge is 1.89. The van der Waals surface area contributed by atoms with Crippen molar-refractivity contribution < 1.29 is 9.67 Å². The maximum atomic E-state index is 9.55. The summed E-state index contributed by atoms with van der Waals surface area (Å²) in [5.41, 5.74) is 0. The van der Waals surface area contributed by atoms with Gasteiger partial charge in [0.25, 0.3) is 0 Å². The maximum absolute atomic E-state index is 9.55. The lowest BCUT2D eigenvalue weighted by Crippen LogP contribution is -1.73. The van der Waals surface area contributed by atoms with Crippen LogP contribution < -0.4 is 0 Å². The van der Waals surface area contributed by atoms with E-state index < -0.39 is 8.46 Å². The summed E-state index contributed by atoms with van der Waals surface area (Å²) < 4.78 is 9.55. The summed E-state index contributed by atoms with van der Waals surface area (Å²) in [5, 5.41) is 8.16. The van der Waals surface area contributed by atoms with Crippen molar-refractivity contribution in [1.29, 1.82) is 0 Å². The molecule has 0 bridgehead atoms. The molecule has 1 unspecified atom stereocenters. The van der Waals surface area contributed by atoms with Gasteiger partial charge >= 0.3 is 8.46 Å². The Bertz CT molecular complexity index is 69.2. The standard InChI is InChI=1S/C3H5O2P/c1-3(4)2-6-5/h4H,1-2H2/p+1. The lowest BCUT2D eigenvalue weighted by Gasteiger charge is -1.72. The molecule has 2 nitrogen and oxygen atoms in total. The first-order valence-electron chi connectivity index (χ1n) is 1.49. The molecule has 0 aliphatic carbocycles. The first kappa shape index (κ1) is 5.64. The summed E-state index contributed by atoms with van der Waals surface area (Å²) in [7, 11) is -0.461. The van der Waals surface area contributed by atoms with Gasteiger partial charge in [-0.05, 0) is 0 Å². The Balaban J connectivity index is 3.05. The van der Waals surface area contributed by atoms with Gasteiger partial charge in [-0.3, -0.25) is 0 Å². The van der Waals surface area contributed by atoms with Crippen molar-refractivity contribution in [1.82, 2.24) is 0 Å². The average Bonchev–Trinajstić information content (AvgIpc) is 1.35. The Morgan fingerprint density at radius 1 is 2.00 bits per heavy atom. The number of hydrogen-bond donors (Lipinski definition) is 1. The van der Waals surface area contributed by atoms with E-state index in [-0.39, 0.29) is 11.9 Å². The van der Waals surface area contributed by atoms with Gasteiger partial charge in [0.1, 0.15) is 5.76 Å². The molecule has 34 valence electrons. The Hall–Kier alpha value is -0.360. The van der Waals surface area contributed by atoms with Gasteiger partial charge in [0.2, 0.25) is 0 Å². The normalized spacial score (nSPS) is 8.67. The van der Waals surface area contributed by atoms with Gasteiger partial charge in [-0.25, -0.2) is 0 Å². The molecule has 0 aromatic carbocycles. The Morgan fingerprint density at radius 2 is 2.50 bits per heavy atom. The number of aliphatic hydroxyl groups excluding tert-OH is 1. The van der Waals surface area contributed by atoms with Gasteiger partial charge in [-0.2, -0.15) is 0 Å². The molecule has 0 rings (SSSR count). The van der Waals surface area contributed by atoms with Crippen molar-refractivity contribution in [2.75, 3.05) is 6.16 Å². The third-order valence-corrected chi connectivity index (χ3v) is 0.829. The molecule has 0 fully saturated rings. The quantitative estimate of drug-likeness (QED) is 0.421. The summed E-state index contributed by atoms with van der Waals surface area (Å²) in [6, 6.07) is 0. The predicted molar refractivity (Wildman–Crippen MR) is 25.6 cm³/mol. The minimum atomic E-state index is -0.461. The van der Waals surface area contributed by atoms with Crippen molar-refractivity contribution >= 4 is 8.46 Å². The zero-order chi connectivity index (χ0) is 4.99. The van der Waals surface area contributed by atoms with Crippen LogP contribution in [0.25, 0.3) is 0 Å². The Kier molecular flexibility index (Phi) is 2.68. The molecule has 3 heteroatoms. The van der Waals surface area contributed by atoms with E-state index in [9.17, 15) is 4.57 Å². The third kappa shape index (κ3) is 3.64. The lowest BCUT2D eigenvalue weighted by molar-refractivity contribution is 0.418. The molecule has 0 aromatic rings. The summed E-state index contributed by atoms with van der Waals surface area (Å²) in [5.74, 6) is -0.0108. The molecule has 0 aliphatic rings. The zero-order valence-electron chi connectivity index (χ0n) is 3.27. The molecule has 1 N–H and O–H groups in total. The van der Waals surface area contributed by atoms with Crippen molar-refractivity contribution in [3.8, 4) is 0 Å². The Labute approximate surface area is 37.7 Å². The van der Waals surface area contributed by atoms with E-state index in [2.05, 4.69) is 6.58 Å². The highest BCUT2D eigenvalue weighted by atomic mass is 31.1. The Morgan fingerprint density at radius 3 is 2.50 bits per heavy atom. The van der Waals surface area contributed by atoms with Crippen LogP contribution in [0.2, 0.25) is 0 Å². The second-order valence-corrected chi connectivity index (χ2v) is 1.53. The van der Waals surface area contributed by atoms with Crippen LogP contribution in [0.4, 0.5) is 0 Å². The lowest BCUT2D eigenvalue weighted by atomic mass is 10.7. The zero-order valence-corrected chi connectivity index (χ0v) is 4.27. The van der Waals surface area contributed by atoms with E-state index >= 15 is 0 Å². The van der Waals surface area contributed by atoms with Crippen molar-refractivity contribution in [2.24, 2.45) is 0 Å². The molecule has 1 atom stereocenters. The topological polar surface area (TPSA) is 37.3 Å². The van der Waals surface area contributed by atoms with E-state index in [4.69, 9.17) is 5.11 Å². The maximum Gasteiger partial charge on any atom is 0.332 e. The molecule has 0 radical (unpaired) electrons. The summed E-state index contributed by atoms with van der Waals surface area (Å²) in [6.07, 6.45) is 0.208. The minimum absolute atomic E-state index is 0.0108. The second kappa shape index (κ2) is 2.86. The van der Waals surface area contributed by atoms with Crippen LogP contribution in [-0.2, 0) is 4.57 Å². The van der Waals surface area contributed by atoms with Gasteiger partial charge in [0.05, 0.1) is 0 Å². The fraction of sp³-hybridized carbons (Fsp3) is 0.333. The smallest absolute Gasteiger partial charge is 0.332 e. The van der Waals surface area contributed by atoms with Crippen LogP contribution in [0.5, 0.6) is 0 Å². The molecule has 6 heavy (non-hydrogen) atoms. The van der Waals surface area contributed by atoms with Crippen molar-refractivity contribution in [2.45, 2.75) is 0 Å². The van der Waals surface area contributed by atoms with Crippen LogP contribution in [0.3, 0.4) is 0 Å². The molecule has 0 amide bonds. The second-order valence-electron chi connectivity index (χ2n) is 0.887. The molecule has 0 heterocycles. The molecular formula is C3H6O2P+. The average molecular weight is 105 g/mol. The van der Waals surface area contributed by atoms with Gasteiger partial charge in [0, 0.05) is 0 Å². The van der Waals surface area contributed by atoms with E-state index in [1.165, 1.54) is 0 Å². The van der Waals surface area contributed by atoms with Crippen LogP contribution in [0.15, 0.2) is 12.3 Å².